The van der Waals surface area contributed by atoms with E-state index >= 15 is 0 Å². The van der Waals surface area contributed by atoms with Gasteiger partial charge in [0.15, 0.2) is 0 Å². The van der Waals surface area contributed by atoms with Crippen molar-refractivity contribution >= 4 is 45.0 Å². The highest BCUT2D eigenvalue weighted by molar-refractivity contribution is 7.92. The summed E-state index contributed by atoms with van der Waals surface area (Å²) in [5, 5.41) is 7.72. The maximum Gasteiger partial charge on any atom is 0.248 e. The lowest BCUT2D eigenvalue weighted by Gasteiger charge is -2.13. The summed E-state index contributed by atoms with van der Waals surface area (Å²) in [5.74, 6) is -0.305. The second-order valence-corrected chi connectivity index (χ2v) is 9.29. The van der Waals surface area contributed by atoms with Crippen molar-refractivity contribution in [1.29, 1.82) is 0 Å². The van der Waals surface area contributed by atoms with Gasteiger partial charge in [0.1, 0.15) is 5.15 Å². The van der Waals surface area contributed by atoms with E-state index in [1.54, 1.807) is 42.8 Å². The lowest BCUT2D eigenvalue weighted by molar-refractivity contribution is -0.111. The molecule has 0 aliphatic rings. The van der Waals surface area contributed by atoms with E-state index in [1.165, 1.54) is 6.08 Å². The van der Waals surface area contributed by atoms with Crippen molar-refractivity contribution in [2.24, 2.45) is 0 Å². The zero-order valence-corrected chi connectivity index (χ0v) is 19.4. The number of aryl methyl sites for hydroxylation is 2. The Morgan fingerprint density at radius 1 is 1.20 bits per heavy atom. The Bertz CT molecular complexity index is 1030. The topological polar surface area (TPSA) is 93.1 Å². The maximum absolute atomic E-state index is 12.4. The Kier molecular flexibility index (Phi) is 8.49. The molecule has 2 rings (SSSR count). The van der Waals surface area contributed by atoms with E-state index in [1.807, 2.05) is 6.92 Å². The molecule has 0 saturated carbocycles. The van der Waals surface area contributed by atoms with Crippen molar-refractivity contribution < 1.29 is 13.2 Å². The summed E-state index contributed by atoms with van der Waals surface area (Å²) in [4.78, 5) is 12.4. The SMILES string of the molecule is CCCCn1nc(C)c(C=CC(=O)Nc2cccc(NS(=O)(=O)CCC)c2C)c1Cl. The first-order valence-corrected chi connectivity index (χ1v) is 12.0. The van der Waals surface area contributed by atoms with Gasteiger partial charge in [-0.2, -0.15) is 5.10 Å². The minimum atomic E-state index is -3.41. The fraction of sp³-hybridized carbons (Fsp3) is 0.429. The van der Waals surface area contributed by atoms with Crippen LogP contribution in [0.1, 0.15) is 49.9 Å². The molecule has 1 aromatic carbocycles. The molecule has 0 bridgehead atoms. The highest BCUT2D eigenvalue weighted by Crippen LogP contribution is 2.25. The van der Waals surface area contributed by atoms with E-state index in [-0.39, 0.29) is 11.7 Å². The summed E-state index contributed by atoms with van der Waals surface area (Å²) in [6, 6.07) is 5.08. The van der Waals surface area contributed by atoms with Crippen LogP contribution in [0.25, 0.3) is 6.08 Å². The zero-order chi connectivity index (χ0) is 22.3. The van der Waals surface area contributed by atoms with E-state index in [4.69, 9.17) is 11.6 Å². The Balaban J connectivity index is 2.14. The summed E-state index contributed by atoms with van der Waals surface area (Å²) in [5.41, 5.74) is 3.08. The third-order valence-corrected chi connectivity index (χ3v) is 6.44. The van der Waals surface area contributed by atoms with E-state index in [2.05, 4.69) is 22.1 Å². The molecule has 164 valence electrons. The number of halogens is 1. The summed E-state index contributed by atoms with van der Waals surface area (Å²) in [6.07, 6.45) is 5.57. The second-order valence-electron chi connectivity index (χ2n) is 7.09. The number of carbonyl (C=O) groups excluding carboxylic acids is 1. The lowest BCUT2D eigenvalue weighted by Crippen LogP contribution is -2.17. The van der Waals surface area contributed by atoms with Crippen molar-refractivity contribution in [3.05, 3.63) is 46.2 Å². The van der Waals surface area contributed by atoms with Gasteiger partial charge in [0.05, 0.1) is 17.1 Å². The van der Waals surface area contributed by atoms with Crippen LogP contribution < -0.4 is 10.0 Å². The van der Waals surface area contributed by atoms with Crippen molar-refractivity contribution in [3.8, 4) is 0 Å². The van der Waals surface area contributed by atoms with Gasteiger partial charge in [-0.15, -0.1) is 0 Å². The molecule has 9 heteroatoms. The van der Waals surface area contributed by atoms with Crippen molar-refractivity contribution in [3.63, 3.8) is 0 Å². The molecular weight excluding hydrogens is 424 g/mol. The number of nitrogens with one attached hydrogen (secondary N) is 2. The molecule has 1 amide bonds. The first-order valence-electron chi connectivity index (χ1n) is 10.0. The van der Waals surface area contributed by atoms with E-state index in [0.29, 0.717) is 34.1 Å². The Hall–Kier alpha value is -2.32. The number of anilines is 2. The van der Waals surface area contributed by atoms with E-state index < -0.39 is 10.0 Å². The third kappa shape index (κ3) is 6.34. The Morgan fingerprint density at radius 3 is 2.57 bits per heavy atom. The normalized spacial score (nSPS) is 11.8. The minimum Gasteiger partial charge on any atom is -0.322 e. The van der Waals surface area contributed by atoms with Crippen LogP contribution in [0.4, 0.5) is 11.4 Å². The van der Waals surface area contributed by atoms with Gasteiger partial charge in [-0.05, 0) is 50.5 Å². The van der Waals surface area contributed by atoms with E-state index in [9.17, 15) is 13.2 Å². The number of sulfonamides is 1. The number of benzene rings is 1. The van der Waals surface area contributed by atoms with Crippen LogP contribution in [-0.4, -0.2) is 29.9 Å². The van der Waals surface area contributed by atoms with Crippen LogP contribution >= 0.6 is 11.6 Å². The quantitative estimate of drug-likeness (QED) is 0.508. The predicted molar refractivity (Wildman–Crippen MR) is 123 cm³/mol. The van der Waals surface area contributed by atoms with Gasteiger partial charge in [-0.25, -0.2) is 8.42 Å². The Labute approximate surface area is 183 Å². The fourth-order valence-electron chi connectivity index (χ4n) is 2.91. The number of unbranched alkanes of at least 4 members (excludes halogenated alkanes) is 1. The molecule has 0 spiro atoms. The van der Waals surface area contributed by atoms with E-state index in [0.717, 1.165) is 25.1 Å². The van der Waals surface area contributed by atoms with Gasteiger partial charge < -0.3 is 5.32 Å². The average molecular weight is 453 g/mol. The van der Waals surface area contributed by atoms with Crippen LogP contribution in [0.15, 0.2) is 24.3 Å². The molecule has 0 unspecified atom stereocenters. The second kappa shape index (κ2) is 10.6. The summed E-state index contributed by atoms with van der Waals surface area (Å²) in [7, 11) is -3.41. The fourth-order valence-corrected chi connectivity index (χ4v) is 4.43. The van der Waals surface area contributed by atoms with Crippen LogP contribution in [0.5, 0.6) is 0 Å². The van der Waals surface area contributed by atoms with Gasteiger partial charge >= 0.3 is 0 Å². The molecule has 0 fully saturated rings. The maximum atomic E-state index is 12.4. The third-order valence-electron chi connectivity index (χ3n) is 4.56. The predicted octanol–water partition coefficient (Wildman–Crippen LogP) is 4.76. The molecule has 0 aliphatic carbocycles. The number of amides is 1. The average Bonchev–Trinajstić information content (AvgIpc) is 2.94. The first-order chi connectivity index (χ1) is 14.2. The summed E-state index contributed by atoms with van der Waals surface area (Å²) in [6.45, 7) is 8.23. The van der Waals surface area contributed by atoms with Crippen LogP contribution in [0.2, 0.25) is 5.15 Å². The monoisotopic (exact) mass is 452 g/mol. The molecule has 0 aliphatic heterocycles. The molecule has 0 saturated heterocycles. The molecular formula is C21H29ClN4O3S. The molecule has 2 aromatic rings. The number of rotatable bonds is 10. The van der Waals surface area contributed by atoms with Crippen molar-refractivity contribution in [1.82, 2.24) is 9.78 Å². The highest BCUT2D eigenvalue weighted by Gasteiger charge is 2.14. The molecule has 30 heavy (non-hydrogen) atoms. The molecule has 0 atom stereocenters. The smallest absolute Gasteiger partial charge is 0.248 e. The van der Waals surface area contributed by atoms with Gasteiger partial charge in [-0.3, -0.25) is 14.2 Å². The zero-order valence-electron chi connectivity index (χ0n) is 17.8. The molecule has 2 N–H and O–H groups in total. The lowest BCUT2D eigenvalue weighted by atomic mass is 10.1. The van der Waals surface area contributed by atoms with Crippen molar-refractivity contribution in [2.45, 2.75) is 53.5 Å². The summed E-state index contributed by atoms with van der Waals surface area (Å²) < 4.78 is 28.4. The van der Waals surface area contributed by atoms with Gasteiger partial charge in [0, 0.05) is 23.9 Å². The molecule has 0 radical (unpaired) electrons. The van der Waals surface area contributed by atoms with Crippen LogP contribution in [0, 0.1) is 13.8 Å². The highest BCUT2D eigenvalue weighted by atomic mass is 35.5. The number of carbonyl (C=O) groups is 1. The largest absolute Gasteiger partial charge is 0.322 e. The molecule has 1 heterocycles. The number of hydrogen-bond acceptors (Lipinski definition) is 4. The van der Waals surface area contributed by atoms with Crippen LogP contribution in [0.3, 0.4) is 0 Å². The van der Waals surface area contributed by atoms with Gasteiger partial charge in [-0.1, -0.05) is 37.9 Å². The minimum absolute atomic E-state index is 0.0395. The standard InChI is InChI=1S/C21H29ClN4O3S/c1-5-7-13-26-21(22)17(16(4)24-26)11-12-20(27)23-18-9-8-10-19(15(18)3)25-30(28,29)14-6-2/h8-12,25H,5-7,13-14H2,1-4H3,(H,23,27). The van der Waals surface area contributed by atoms with Crippen LogP contribution in [-0.2, 0) is 21.4 Å². The summed E-state index contributed by atoms with van der Waals surface area (Å²) >= 11 is 6.39. The van der Waals surface area contributed by atoms with Gasteiger partial charge in [0.2, 0.25) is 15.9 Å². The Morgan fingerprint density at radius 2 is 1.90 bits per heavy atom. The molecule has 7 nitrogen and oxygen atoms in total. The number of aromatic nitrogens is 2. The van der Waals surface area contributed by atoms with Crippen molar-refractivity contribution in [2.75, 3.05) is 15.8 Å². The first kappa shape index (κ1) is 24.0. The number of hydrogen-bond donors (Lipinski definition) is 2. The molecule has 1 aromatic heterocycles. The van der Waals surface area contributed by atoms with Gasteiger partial charge in [0.25, 0.3) is 0 Å². The number of nitrogens with zero attached hydrogens (tertiary/aromatic N) is 2.